The number of hydrogen-bond donors (Lipinski definition) is 2. The minimum absolute atomic E-state index is 0.0466. The highest BCUT2D eigenvalue weighted by Crippen LogP contribution is 2.24. The van der Waals surface area contributed by atoms with Gasteiger partial charge in [0.15, 0.2) is 0 Å². The minimum atomic E-state index is -0.492. The molecule has 1 aliphatic rings. The standard InChI is InChI=1S/C17H21N3O2/c1-10(2)15(18)17(22)20-8-7-12-11-5-3-4-6-13(11)16(21)19-14(12)9-20/h3-6,10,15H,7-9,18H2,1-2H3,(H,19,21)/t15-/m1/s1. The van der Waals surface area contributed by atoms with Gasteiger partial charge in [0.2, 0.25) is 5.91 Å². The second kappa shape index (κ2) is 5.57. The molecule has 116 valence electrons. The lowest BCUT2D eigenvalue weighted by Crippen LogP contribution is -2.48. The molecule has 0 saturated heterocycles. The van der Waals surface area contributed by atoms with Crippen molar-refractivity contribution in [2.45, 2.75) is 32.9 Å². The molecule has 2 aromatic rings. The van der Waals surface area contributed by atoms with Gasteiger partial charge < -0.3 is 15.6 Å². The van der Waals surface area contributed by atoms with E-state index in [1.165, 1.54) is 0 Å². The highest BCUT2D eigenvalue weighted by molar-refractivity contribution is 5.86. The van der Waals surface area contributed by atoms with Gasteiger partial charge in [-0.2, -0.15) is 0 Å². The average molecular weight is 299 g/mol. The van der Waals surface area contributed by atoms with E-state index in [2.05, 4.69) is 4.98 Å². The van der Waals surface area contributed by atoms with E-state index in [4.69, 9.17) is 5.73 Å². The van der Waals surface area contributed by atoms with Crippen molar-refractivity contribution in [3.63, 3.8) is 0 Å². The molecule has 3 rings (SSSR count). The number of fused-ring (bicyclic) bond motifs is 3. The summed E-state index contributed by atoms with van der Waals surface area (Å²) in [5, 5.41) is 1.70. The van der Waals surface area contributed by atoms with Crippen molar-refractivity contribution in [1.29, 1.82) is 0 Å². The number of hydrogen-bond acceptors (Lipinski definition) is 3. The summed E-state index contributed by atoms with van der Waals surface area (Å²) in [6.45, 7) is 4.95. The molecular formula is C17H21N3O2. The third kappa shape index (κ3) is 2.41. The maximum atomic E-state index is 12.4. The Labute approximate surface area is 129 Å². The zero-order chi connectivity index (χ0) is 15.9. The van der Waals surface area contributed by atoms with E-state index in [0.717, 1.165) is 23.1 Å². The van der Waals surface area contributed by atoms with Gasteiger partial charge in [-0.15, -0.1) is 0 Å². The lowest BCUT2D eigenvalue weighted by atomic mass is 9.96. The summed E-state index contributed by atoms with van der Waals surface area (Å²) in [7, 11) is 0. The number of carbonyl (C=O) groups excluding carboxylic acids is 1. The number of nitrogens with two attached hydrogens (primary N) is 1. The van der Waals surface area contributed by atoms with E-state index < -0.39 is 6.04 Å². The first-order valence-corrected chi connectivity index (χ1v) is 7.66. The Kier molecular flexibility index (Phi) is 3.74. The lowest BCUT2D eigenvalue weighted by molar-refractivity contribution is -0.134. The summed E-state index contributed by atoms with van der Waals surface area (Å²) in [6.07, 6.45) is 0.739. The van der Waals surface area contributed by atoms with Gasteiger partial charge in [-0.1, -0.05) is 32.0 Å². The fourth-order valence-corrected chi connectivity index (χ4v) is 3.01. The molecule has 1 aromatic heterocycles. The number of nitrogens with zero attached hydrogens (tertiary/aromatic N) is 1. The second-order valence-electron chi connectivity index (χ2n) is 6.24. The number of rotatable bonds is 2. The maximum Gasteiger partial charge on any atom is 0.256 e. The normalized spacial score (nSPS) is 15.9. The molecule has 0 fully saturated rings. The predicted molar refractivity (Wildman–Crippen MR) is 86.5 cm³/mol. The van der Waals surface area contributed by atoms with E-state index in [9.17, 15) is 9.59 Å². The van der Waals surface area contributed by atoms with Crippen molar-refractivity contribution in [3.8, 4) is 0 Å². The lowest BCUT2D eigenvalue weighted by Gasteiger charge is -2.32. The molecule has 3 N–H and O–H groups in total. The number of aromatic amines is 1. The van der Waals surface area contributed by atoms with E-state index in [0.29, 0.717) is 18.5 Å². The van der Waals surface area contributed by atoms with Gasteiger partial charge in [-0.05, 0) is 29.4 Å². The van der Waals surface area contributed by atoms with Crippen LogP contribution in [0.3, 0.4) is 0 Å². The molecule has 0 aliphatic carbocycles. The predicted octanol–water partition coefficient (Wildman–Crippen LogP) is 1.40. The largest absolute Gasteiger partial charge is 0.335 e. The molecule has 0 radical (unpaired) electrons. The topological polar surface area (TPSA) is 79.2 Å². The first-order chi connectivity index (χ1) is 10.5. The van der Waals surface area contributed by atoms with Crippen molar-refractivity contribution < 1.29 is 4.79 Å². The molecule has 22 heavy (non-hydrogen) atoms. The SMILES string of the molecule is CC(C)[C@@H](N)C(=O)N1CCc2c([nH]c(=O)c3ccccc23)C1. The number of aromatic nitrogens is 1. The zero-order valence-electron chi connectivity index (χ0n) is 12.9. The van der Waals surface area contributed by atoms with Crippen LogP contribution in [0.25, 0.3) is 10.8 Å². The molecule has 1 atom stereocenters. The molecule has 5 nitrogen and oxygen atoms in total. The number of carbonyl (C=O) groups is 1. The van der Waals surface area contributed by atoms with Gasteiger partial charge >= 0.3 is 0 Å². The summed E-state index contributed by atoms with van der Waals surface area (Å²) in [4.78, 5) is 29.3. The minimum Gasteiger partial charge on any atom is -0.335 e. The Morgan fingerprint density at radius 3 is 2.64 bits per heavy atom. The van der Waals surface area contributed by atoms with Crippen LogP contribution in [0.2, 0.25) is 0 Å². The van der Waals surface area contributed by atoms with Gasteiger partial charge in [-0.3, -0.25) is 9.59 Å². The van der Waals surface area contributed by atoms with Crippen LogP contribution in [0.5, 0.6) is 0 Å². The first-order valence-electron chi connectivity index (χ1n) is 7.66. The molecule has 1 aliphatic heterocycles. The highest BCUT2D eigenvalue weighted by atomic mass is 16.2. The van der Waals surface area contributed by atoms with Crippen LogP contribution < -0.4 is 11.3 Å². The van der Waals surface area contributed by atoms with Gasteiger partial charge in [0.1, 0.15) is 0 Å². The first kappa shape index (κ1) is 14.8. The average Bonchev–Trinajstić information content (AvgIpc) is 2.53. The van der Waals surface area contributed by atoms with Crippen molar-refractivity contribution in [3.05, 3.63) is 45.9 Å². The number of H-pyrrole nitrogens is 1. The number of nitrogens with one attached hydrogen (secondary N) is 1. The fourth-order valence-electron chi connectivity index (χ4n) is 3.01. The summed E-state index contributed by atoms with van der Waals surface area (Å²) < 4.78 is 0. The maximum absolute atomic E-state index is 12.4. The van der Waals surface area contributed by atoms with E-state index in [-0.39, 0.29) is 17.4 Å². The zero-order valence-corrected chi connectivity index (χ0v) is 12.9. The Bertz CT molecular complexity index is 779. The summed E-state index contributed by atoms with van der Waals surface area (Å²) in [5.74, 6) is 0.0548. The number of benzene rings is 1. The third-order valence-corrected chi connectivity index (χ3v) is 4.42. The molecule has 1 amide bonds. The Morgan fingerprint density at radius 1 is 1.27 bits per heavy atom. The molecule has 0 spiro atoms. The Hall–Kier alpha value is -2.14. The van der Waals surface area contributed by atoms with Crippen molar-refractivity contribution in [2.24, 2.45) is 11.7 Å². The van der Waals surface area contributed by atoms with Crippen LogP contribution >= 0.6 is 0 Å². The molecule has 1 aromatic carbocycles. The van der Waals surface area contributed by atoms with Crippen LogP contribution in [-0.4, -0.2) is 28.4 Å². The van der Waals surface area contributed by atoms with Crippen molar-refractivity contribution >= 4 is 16.7 Å². The molecule has 0 saturated carbocycles. The van der Waals surface area contributed by atoms with Crippen LogP contribution in [0.1, 0.15) is 25.1 Å². The van der Waals surface area contributed by atoms with Gasteiger partial charge in [-0.25, -0.2) is 0 Å². The molecule has 5 heteroatoms. The quantitative estimate of drug-likeness (QED) is 0.879. The summed E-state index contributed by atoms with van der Waals surface area (Å²) in [6, 6.07) is 7.12. The van der Waals surface area contributed by atoms with Crippen LogP contribution in [0, 0.1) is 5.92 Å². The van der Waals surface area contributed by atoms with E-state index in [1.54, 1.807) is 4.90 Å². The van der Waals surface area contributed by atoms with Crippen LogP contribution in [-0.2, 0) is 17.8 Å². The smallest absolute Gasteiger partial charge is 0.256 e. The third-order valence-electron chi connectivity index (χ3n) is 4.42. The van der Waals surface area contributed by atoms with Gasteiger partial charge in [0, 0.05) is 17.6 Å². The fraction of sp³-hybridized carbons (Fsp3) is 0.412. The van der Waals surface area contributed by atoms with Gasteiger partial charge in [0.05, 0.1) is 12.6 Å². The van der Waals surface area contributed by atoms with E-state index in [1.807, 2.05) is 38.1 Å². The van der Waals surface area contributed by atoms with Crippen molar-refractivity contribution in [1.82, 2.24) is 9.88 Å². The number of amides is 1. The monoisotopic (exact) mass is 299 g/mol. The highest BCUT2D eigenvalue weighted by Gasteiger charge is 2.28. The molecule has 0 unspecified atom stereocenters. The second-order valence-corrected chi connectivity index (χ2v) is 6.24. The van der Waals surface area contributed by atoms with E-state index >= 15 is 0 Å². The van der Waals surface area contributed by atoms with Gasteiger partial charge in [0.25, 0.3) is 5.56 Å². The molecule has 0 bridgehead atoms. The van der Waals surface area contributed by atoms with Crippen LogP contribution in [0.4, 0.5) is 0 Å². The molecule has 2 heterocycles. The summed E-state index contributed by atoms with van der Waals surface area (Å²) >= 11 is 0. The Balaban J connectivity index is 1.97. The van der Waals surface area contributed by atoms with Crippen LogP contribution in [0.15, 0.2) is 29.1 Å². The summed E-state index contributed by atoms with van der Waals surface area (Å²) in [5.41, 5.74) is 7.84. The molecular weight excluding hydrogens is 278 g/mol. The van der Waals surface area contributed by atoms with Crippen molar-refractivity contribution in [2.75, 3.05) is 6.54 Å². The number of pyridine rings is 1. The Morgan fingerprint density at radius 2 is 1.95 bits per heavy atom.